The molecule has 0 amide bonds. The molecule has 0 saturated carbocycles. The number of rotatable bonds is 75. The van der Waals surface area contributed by atoms with Gasteiger partial charge in [-0.15, -0.1) is 0 Å². The average Bonchev–Trinajstić information content (AvgIpc) is 0.892. The van der Waals surface area contributed by atoms with E-state index in [2.05, 4.69) is 180 Å². The van der Waals surface area contributed by atoms with Crippen LogP contribution in [0.4, 0.5) is 0 Å². The number of phosphoric ester groups is 2. The molecule has 0 aliphatic heterocycles. The van der Waals surface area contributed by atoms with Crippen LogP contribution >= 0.6 is 15.6 Å². The van der Waals surface area contributed by atoms with Crippen LogP contribution in [0.3, 0.4) is 0 Å². The van der Waals surface area contributed by atoms with Crippen molar-refractivity contribution in [2.75, 3.05) is 39.6 Å². The van der Waals surface area contributed by atoms with Crippen LogP contribution in [0, 0.1) is 0 Å². The molecule has 5 atom stereocenters. The molecule has 3 N–H and O–H groups in total. The summed E-state index contributed by atoms with van der Waals surface area (Å²) in [6.07, 6.45) is 96.0. The molecule has 0 fully saturated rings. The van der Waals surface area contributed by atoms with Crippen molar-refractivity contribution >= 4 is 39.5 Å². The van der Waals surface area contributed by atoms with Crippen LogP contribution < -0.4 is 0 Å². The normalized spacial score (nSPS) is 14.8. The zero-order chi connectivity index (χ0) is 78.9. The van der Waals surface area contributed by atoms with Crippen LogP contribution in [0.25, 0.3) is 0 Å². The van der Waals surface area contributed by atoms with E-state index in [0.29, 0.717) is 38.5 Å². The lowest BCUT2D eigenvalue weighted by atomic mass is 10.0. The second-order valence-corrected chi connectivity index (χ2v) is 29.5. The van der Waals surface area contributed by atoms with Gasteiger partial charge < -0.3 is 33.8 Å². The second kappa shape index (κ2) is 79.3. The number of hydrogen-bond acceptors (Lipinski definition) is 15. The molecular weight excluding hydrogens is 1400 g/mol. The van der Waals surface area contributed by atoms with Crippen LogP contribution in [0.15, 0.2) is 182 Å². The molecule has 0 aromatic carbocycles. The monoisotopic (exact) mass is 1550 g/mol. The van der Waals surface area contributed by atoms with Gasteiger partial charge in [-0.05, 0) is 141 Å². The van der Waals surface area contributed by atoms with E-state index in [1.165, 1.54) is 51.4 Å². The van der Waals surface area contributed by atoms with Gasteiger partial charge in [-0.2, -0.15) is 0 Å². The summed E-state index contributed by atoms with van der Waals surface area (Å²) in [5.74, 6) is -2.36. The molecule has 0 spiro atoms. The number of carbonyl (C=O) groups excluding carboxylic acids is 4. The van der Waals surface area contributed by atoms with Crippen molar-refractivity contribution in [1.82, 2.24) is 0 Å². The first-order chi connectivity index (χ1) is 52.7. The Labute approximate surface area is 654 Å². The van der Waals surface area contributed by atoms with E-state index in [9.17, 15) is 43.2 Å². The molecule has 17 nitrogen and oxygen atoms in total. The lowest BCUT2D eigenvalue weighted by Crippen LogP contribution is -2.30. The van der Waals surface area contributed by atoms with Crippen LogP contribution in [0.1, 0.15) is 297 Å². The number of allylic oxidation sites excluding steroid dienone is 30. The molecule has 0 saturated heterocycles. The molecule has 5 unspecified atom stereocenters. The van der Waals surface area contributed by atoms with Crippen molar-refractivity contribution < 1.29 is 80.2 Å². The Hall–Kier alpha value is -5.84. The van der Waals surface area contributed by atoms with E-state index in [1.54, 1.807) is 0 Å². The van der Waals surface area contributed by atoms with Gasteiger partial charge in [-0.3, -0.25) is 37.3 Å². The predicted molar refractivity (Wildman–Crippen MR) is 445 cm³/mol. The summed E-state index contributed by atoms with van der Waals surface area (Å²) < 4.78 is 68.6. The number of ether oxygens (including phenoxy) is 4. The summed E-state index contributed by atoms with van der Waals surface area (Å²) in [6, 6.07) is 0. The van der Waals surface area contributed by atoms with Crippen molar-refractivity contribution in [3.8, 4) is 0 Å². The topological polar surface area (TPSA) is 237 Å². The Morgan fingerprint density at radius 3 is 0.824 bits per heavy atom. The molecule has 0 aliphatic carbocycles. The number of aliphatic hydroxyl groups excluding tert-OH is 1. The first kappa shape index (κ1) is 102. The van der Waals surface area contributed by atoms with Gasteiger partial charge in [0.25, 0.3) is 0 Å². The maximum Gasteiger partial charge on any atom is 0.472 e. The first-order valence-electron chi connectivity index (χ1n) is 41.0. The molecule has 0 aromatic heterocycles. The van der Waals surface area contributed by atoms with Gasteiger partial charge in [0.15, 0.2) is 12.2 Å². The summed E-state index contributed by atoms with van der Waals surface area (Å²) in [5, 5.41) is 10.7. The average molecular weight is 1550 g/mol. The fourth-order valence-corrected chi connectivity index (χ4v) is 11.9. The van der Waals surface area contributed by atoms with Crippen molar-refractivity contribution in [2.45, 2.75) is 316 Å². The smallest absolute Gasteiger partial charge is 0.462 e. The van der Waals surface area contributed by atoms with Gasteiger partial charge in [0, 0.05) is 25.7 Å². The van der Waals surface area contributed by atoms with Crippen molar-refractivity contribution in [3.63, 3.8) is 0 Å². The molecule has 0 aliphatic rings. The number of esters is 4. The van der Waals surface area contributed by atoms with E-state index >= 15 is 0 Å². The van der Waals surface area contributed by atoms with E-state index in [1.807, 2.05) is 30.4 Å². The minimum Gasteiger partial charge on any atom is -0.462 e. The molecular formula is C89H144O17P2. The molecule has 0 heterocycles. The van der Waals surface area contributed by atoms with Crippen molar-refractivity contribution in [2.24, 2.45) is 0 Å². The molecule has 0 bridgehead atoms. The fraction of sp³-hybridized carbons (Fsp3) is 0.618. The SMILES string of the molecule is CC/C=C\C/C=C\C/C=C\C/C=C\C/C=C\C/C=C\CCC(=O)OCC(COP(=O)(O)OCC(O)COP(=O)(O)OCC(COC(=O)CCC/C=C\C/C=C\C/C=C\C/C=C\C/C=C\CC)OC(=O)CCCCCCCCCCCCCCC)OC(=O)CCCCCCCC/C=C\C/C=C\C/C=C\C/C=C\CC. The zero-order valence-electron chi connectivity index (χ0n) is 66.9. The number of phosphoric acid groups is 2. The maximum absolute atomic E-state index is 13.1. The zero-order valence-corrected chi connectivity index (χ0v) is 68.7. The van der Waals surface area contributed by atoms with E-state index < -0.39 is 97.5 Å². The van der Waals surface area contributed by atoms with Gasteiger partial charge in [0.2, 0.25) is 0 Å². The van der Waals surface area contributed by atoms with E-state index in [-0.39, 0.29) is 25.7 Å². The van der Waals surface area contributed by atoms with Crippen molar-refractivity contribution in [3.05, 3.63) is 182 Å². The minimum absolute atomic E-state index is 0.0252. The third-order valence-corrected chi connectivity index (χ3v) is 18.3. The largest absolute Gasteiger partial charge is 0.472 e. The number of carbonyl (C=O) groups is 4. The summed E-state index contributed by atoms with van der Waals surface area (Å²) >= 11 is 0. The lowest BCUT2D eigenvalue weighted by Gasteiger charge is -2.21. The summed E-state index contributed by atoms with van der Waals surface area (Å²) in [4.78, 5) is 73.1. The quantitative estimate of drug-likeness (QED) is 0.0169. The van der Waals surface area contributed by atoms with Crippen LogP contribution in [-0.2, 0) is 65.4 Å². The third kappa shape index (κ3) is 78.3. The summed E-state index contributed by atoms with van der Waals surface area (Å²) in [6.45, 7) is 4.36. The maximum atomic E-state index is 13.1. The Morgan fingerprint density at radius 2 is 0.509 bits per heavy atom. The predicted octanol–water partition coefficient (Wildman–Crippen LogP) is 24.3. The highest BCUT2D eigenvalue weighted by molar-refractivity contribution is 7.47. The molecule has 108 heavy (non-hydrogen) atoms. The molecule has 19 heteroatoms. The lowest BCUT2D eigenvalue weighted by molar-refractivity contribution is -0.161. The third-order valence-electron chi connectivity index (χ3n) is 16.4. The van der Waals surface area contributed by atoms with Gasteiger partial charge in [-0.1, -0.05) is 313 Å². The summed E-state index contributed by atoms with van der Waals surface area (Å²) in [5.41, 5.74) is 0. The van der Waals surface area contributed by atoms with Gasteiger partial charge in [0.1, 0.15) is 19.3 Å². The Balaban J connectivity index is 5.50. The Morgan fingerprint density at radius 1 is 0.269 bits per heavy atom. The highest BCUT2D eigenvalue weighted by Crippen LogP contribution is 2.45. The van der Waals surface area contributed by atoms with Gasteiger partial charge >= 0.3 is 39.5 Å². The minimum atomic E-state index is -5.01. The van der Waals surface area contributed by atoms with Crippen LogP contribution in [0.5, 0.6) is 0 Å². The fourth-order valence-electron chi connectivity index (χ4n) is 10.3. The van der Waals surface area contributed by atoms with Crippen molar-refractivity contribution in [1.29, 1.82) is 0 Å². The highest BCUT2D eigenvalue weighted by Gasteiger charge is 2.30. The summed E-state index contributed by atoms with van der Waals surface area (Å²) in [7, 11) is -10.0. The standard InChI is InChI=1S/C89H144O17P2/c1-5-9-13-17-21-25-29-33-36-39-41-44-47-51-54-58-62-66-70-74-87(92)100-80-85(106-89(94)76-72-68-64-60-56-52-48-45-42-40-37-34-30-26-22-18-14-10-6-2)82-104-108(97,98)102-78-83(90)77-101-107(95,96)103-81-84(105-88(93)75-71-67-63-59-55-49-32-28-24-20-16-12-8-4)79-99-86(91)73-69-65-61-57-53-50-46-43-38-35-31-27-23-19-15-11-7-3/h9-11,13-15,21-23,25-27,33-38,41-42,44-46,50-51,54,57,61-62,66,83-85,90H,5-8,12,16-20,24,28-32,39-40,43,47-49,52-53,55-56,58-60,63-65,67-82H2,1-4H3,(H,95,96)(H,97,98)/b13-9-,14-10-,15-11-,25-21-,26-22-,27-23-,36-33-,37-34-,38-35-,44-41-,45-42-,50-46-,54-51-,61-57-,66-62-. The van der Waals surface area contributed by atoms with Crippen LogP contribution in [0.2, 0.25) is 0 Å². The number of aliphatic hydroxyl groups is 1. The number of hydrogen-bond donors (Lipinski definition) is 3. The second-order valence-electron chi connectivity index (χ2n) is 26.6. The van der Waals surface area contributed by atoms with Gasteiger partial charge in [0.05, 0.1) is 26.4 Å². The van der Waals surface area contributed by atoms with E-state index in [0.717, 1.165) is 154 Å². The highest BCUT2D eigenvalue weighted by atomic mass is 31.2. The first-order valence-corrected chi connectivity index (χ1v) is 44.0. The van der Waals surface area contributed by atoms with Gasteiger partial charge in [-0.25, -0.2) is 9.13 Å². The van der Waals surface area contributed by atoms with Crippen LogP contribution in [-0.4, -0.2) is 96.7 Å². The molecule has 0 rings (SSSR count). The Bertz CT molecular complexity index is 2760. The molecule has 0 radical (unpaired) electrons. The van der Waals surface area contributed by atoms with E-state index in [4.69, 9.17) is 37.0 Å². The Kier molecular flexibility index (Phi) is 75.0. The number of unbranched alkanes of at least 4 members (excludes halogenated alkanes) is 19. The molecule has 0 aromatic rings. The molecule has 612 valence electrons.